The van der Waals surface area contributed by atoms with E-state index in [4.69, 9.17) is 4.74 Å². The second-order valence-corrected chi connectivity index (χ2v) is 2.85. The molecule has 3 nitrogen and oxygen atoms in total. The molecule has 0 unspecified atom stereocenters. The summed E-state index contributed by atoms with van der Waals surface area (Å²) in [5, 5.41) is 9.64. The van der Waals surface area contributed by atoms with Gasteiger partial charge >= 0.3 is 5.97 Å². The van der Waals surface area contributed by atoms with Crippen LogP contribution in [0.1, 0.15) is 12.5 Å². The van der Waals surface area contributed by atoms with Crippen LogP contribution in [-0.2, 0) is 11.2 Å². The lowest BCUT2D eigenvalue weighted by molar-refractivity contribution is -0.132. The lowest BCUT2D eigenvalue weighted by atomic mass is 10.1. The van der Waals surface area contributed by atoms with Crippen LogP contribution < -0.4 is 4.74 Å². The van der Waals surface area contributed by atoms with Gasteiger partial charge in [0.05, 0.1) is 0 Å². The number of para-hydroxylation sites is 1. The predicted molar refractivity (Wildman–Crippen MR) is 53.3 cm³/mol. The third-order valence-corrected chi connectivity index (χ3v) is 1.70. The van der Waals surface area contributed by atoms with E-state index in [0.29, 0.717) is 12.0 Å². The number of phenolic OH excluding ortho intramolecular Hbond substituents is 1. The van der Waals surface area contributed by atoms with E-state index >= 15 is 0 Å². The van der Waals surface area contributed by atoms with E-state index in [0.717, 1.165) is 0 Å². The molecule has 0 heterocycles. The molecule has 0 spiro atoms. The summed E-state index contributed by atoms with van der Waals surface area (Å²) in [7, 11) is 0. The summed E-state index contributed by atoms with van der Waals surface area (Å²) in [6.45, 7) is 4.86. The summed E-state index contributed by atoms with van der Waals surface area (Å²) in [6, 6.07) is 5.02. The quantitative estimate of drug-likeness (QED) is 0.453. The van der Waals surface area contributed by atoms with Crippen molar-refractivity contribution in [2.24, 2.45) is 0 Å². The van der Waals surface area contributed by atoms with E-state index in [1.807, 2.05) is 0 Å². The average Bonchev–Trinajstić information content (AvgIpc) is 2.11. The summed E-state index contributed by atoms with van der Waals surface area (Å²) in [4.78, 5) is 10.7. The monoisotopic (exact) mass is 192 g/mol. The van der Waals surface area contributed by atoms with Crippen LogP contribution in [-0.4, -0.2) is 11.1 Å². The summed E-state index contributed by atoms with van der Waals surface area (Å²) >= 11 is 0. The molecule has 1 rings (SSSR count). The molecule has 0 radical (unpaired) electrons. The van der Waals surface area contributed by atoms with E-state index in [1.54, 1.807) is 24.3 Å². The van der Waals surface area contributed by atoms with Crippen molar-refractivity contribution >= 4 is 5.97 Å². The zero-order chi connectivity index (χ0) is 10.6. The first-order chi connectivity index (χ1) is 6.65. The van der Waals surface area contributed by atoms with Crippen molar-refractivity contribution in [3.63, 3.8) is 0 Å². The number of carbonyl (C=O) groups excluding carboxylic acids is 1. The Kier molecular flexibility index (Phi) is 3.29. The van der Waals surface area contributed by atoms with Crippen LogP contribution in [0.3, 0.4) is 0 Å². The third kappa shape index (κ3) is 2.36. The summed E-state index contributed by atoms with van der Waals surface area (Å²) < 4.78 is 4.81. The minimum absolute atomic E-state index is 0.00241. The largest absolute Gasteiger partial charge is 0.504 e. The van der Waals surface area contributed by atoms with Gasteiger partial charge in [-0.1, -0.05) is 18.2 Å². The Morgan fingerprint density at radius 1 is 1.64 bits per heavy atom. The second-order valence-electron chi connectivity index (χ2n) is 2.85. The predicted octanol–water partition coefficient (Wildman–Crippen LogP) is 2.05. The van der Waals surface area contributed by atoms with Crippen LogP contribution in [0, 0.1) is 0 Å². The molecule has 1 aromatic carbocycles. The van der Waals surface area contributed by atoms with Crippen molar-refractivity contribution in [1.82, 2.24) is 0 Å². The highest BCUT2D eigenvalue weighted by Gasteiger charge is 2.08. The van der Waals surface area contributed by atoms with Gasteiger partial charge in [0.2, 0.25) is 0 Å². The standard InChI is InChI=1S/C11H12O3/c1-3-5-9-6-4-7-10(11(9)13)14-8(2)12/h3-4,6-7,13H,1,5H2,2H3. The van der Waals surface area contributed by atoms with E-state index in [1.165, 1.54) is 6.92 Å². The molecule has 0 saturated carbocycles. The minimum atomic E-state index is -0.448. The van der Waals surface area contributed by atoms with Crippen LogP contribution in [0.4, 0.5) is 0 Å². The van der Waals surface area contributed by atoms with Gasteiger partial charge in [-0.25, -0.2) is 0 Å². The molecule has 0 bridgehead atoms. The normalized spacial score (nSPS) is 9.50. The highest BCUT2D eigenvalue weighted by molar-refractivity contribution is 5.70. The lowest BCUT2D eigenvalue weighted by Crippen LogP contribution is -2.02. The molecule has 0 aliphatic carbocycles. The van der Waals surface area contributed by atoms with E-state index in [2.05, 4.69) is 6.58 Å². The molecule has 74 valence electrons. The SMILES string of the molecule is C=CCc1cccc(OC(C)=O)c1O. The topological polar surface area (TPSA) is 46.5 Å². The lowest BCUT2D eigenvalue weighted by Gasteiger charge is -2.07. The zero-order valence-corrected chi connectivity index (χ0v) is 7.99. The molecule has 0 amide bonds. The van der Waals surface area contributed by atoms with Crippen LogP contribution in [0.2, 0.25) is 0 Å². The summed E-state index contributed by atoms with van der Waals surface area (Å²) in [5.41, 5.74) is 0.693. The maximum atomic E-state index is 10.7. The smallest absolute Gasteiger partial charge is 0.308 e. The second kappa shape index (κ2) is 4.46. The molecule has 0 atom stereocenters. The van der Waals surface area contributed by atoms with Crippen LogP contribution in [0.15, 0.2) is 30.9 Å². The van der Waals surface area contributed by atoms with Crippen LogP contribution >= 0.6 is 0 Å². The molecule has 0 aromatic heterocycles. The number of phenols is 1. The van der Waals surface area contributed by atoms with Crippen molar-refractivity contribution < 1.29 is 14.6 Å². The Labute approximate surface area is 82.6 Å². The summed E-state index contributed by atoms with van der Waals surface area (Å²) in [5.74, 6) is -0.254. The number of esters is 1. The van der Waals surface area contributed by atoms with Gasteiger partial charge in [-0.15, -0.1) is 6.58 Å². The maximum absolute atomic E-state index is 10.7. The number of hydrogen-bond donors (Lipinski definition) is 1. The van der Waals surface area contributed by atoms with Gasteiger partial charge in [0, 0.05) is 12.5 Å². The molecule has 0 aliphatic rings. The number of carbonyl (C=O) groups is 1. The molecule has 1 N–H and O–H groups in total. The van der Waals surface area contributed by atoms with Crippen molar-refractivity contribution in [1.29, 1.82) is 0 Å². The Hall–Kier alpha value is -1.77. The van der Waals surface area contributed by atoms with Crippen LogP contribution in [0.25, 0.3) is 0 Å². The Morgan fingerprint density at radius 2 is 2.36 bits per heavy atom. The van der Waals surface area contributed by atoms with Gasteiger partial charge in [0.25, 0.3) is 0 Å². The maximum Gasteiger partial charge on any atom is 0.308 e. The first kappa shape index (κ1) is 10.3. The number of rotatable bonds is 3. The van der Waals surface area contributed by atoms with Gasteiger partial charge in [0.1, 0.15) is 0 Å². The Morgan fingerprint density at radius 3 is 2.93 bits per heavy atom. The average molecular weight is 192 g/mol. The van der Waals surface area contributed by atoms with Gasteiger partial charge in [-0.05, 0) is 12.5 Å². The van der Waals surface area contributed by atoms with Crippen LogP contribution in [0.5, 0.6) is 11.5 Å². The highest BCUT2D eigenvalue weighted by Crippen LogP contribution is 2.30. The molecule has 14 heavy (non-hydrogen) atoms. The van der Waals surface area contributed by atoms with Gasteiger partial charge in [-0.3, -0.25) is 4.79 Å². The number of hydrogen-bond acceptors (Lipinski definition) is 3. The van der Waals surface area contributed by atoms with Crippen molar-refractivity contribution in [2.75, 3.05) is 0 Å². The van der Waals surface area contributed by atoms with E-state index in [-0.39, 0.29) is 11.5 Å². The Bertz CT molecular complexity index is 356. The van der Waals surface area contributed by atoms with Crippen molar-refractivity contribution in [3.8, 4) is 11.5 Å². The molecular weight excluding hydrogens is 180 g/mol. The number of allylic oxidation sites excluding steroid dienone is 1. The van der Waals surface area contributed by atoms with Crippen molar-refractivity contribution in [3.05, 3.63) is 36.4 Å². The Balaban J connectivity index is 3.00. The fourth-order valence-corrected chi connectivity index (χ4v) is 1.13. The van der Waals surface area contributed by atoms with Gasteiger partial charge < -0.3 is 9.84 Å². The highest BCUT2D eigenvalue weighted by atomic mass is 16.5. The number of aromatic hydroxyl groups is 1. The first-order valence-corrected chi connectivity index (χ1v) is 4.25. The number of benzene rings is 1. The number of ether oxygens (including phenoxy) is 1. The molecule has 3 heteroatoms. The zero-order valence-electron chi connectivity index (χ0n) is 7.99. The van der Waals surface area contributed by atoms with Crippen molar-refractivity contribution in [2.45, 2.75) is 13.3 Å². The summed E-state index contributed by atoms with van der Waals surface area (Å²) in [6.07, 6.45) is 2.22. The molecular formula is C11H12O3. The van der Waals surface area contributed by atoms with Gasteiger partial charge in [0.15, 0.2) is 11.5 Å². The fraction of sp³-hybridized carbons (Fsp3) is 0.182. The van der Waals surface area contributed by atoms with E-state index in [9.17, 15) is 9.90 Å². The fourth-order valence-electron chi connectivity index (χ4n) is 1.13. The molecule has 0 saturated heterocycles. The first-order valence-electron chi connectivity index (χ1n) is 4.25. The molecule has 0 aliphatic heterocycles. The van der Waals surface area contributed by atoms with Gasteiger partial charge in [-0.2, -0.15) is 0 Å². The third-order valence-electron chi connectivity index (χ3n) is 1.70. The molecule has 0 fully saturated rings. The minimum Gasteiger partial charge on any atom is -0.504 e. The van der Waals surface area contributed by atoms with E-state index < -0.39 is 5.97 Å². The molecule has 1 aromatic rings.